The number of nitrogens with one attached hydrogen (secondary N) is 2. The number of benzene rings is 2. The van der Waals surface area contributed by atoms with Crippen LogP contribution < -0.4 is 15.4 Å². The van der Waals surface area contributed by atoms with E-state index in [9.17, 15) is 4.79 Å². The Hall–Kier alpha value is -1.86. The maximum absolute atomic E-state index is 12.5. The van der Waals surface area contributed by atoms with E-state index in [1.807, 2.05) is 30.3 Å². The first kappa shape index (κ1) is 18.9. The van der Waals surface area contributed by atoms with Gasteiger partial charge in [0.25, 0.3) is 5.91 Å². The topological polar surface area (TPSA) is 50.4 Å². The lowest BCUT2D eigenvalue weighted by Gasteiger charge is -2.10. The predicted octanol–water partition coefficient (Wildman–Crippen LogP) is 5.02. The molecule has 0 bridgehead atoms. The maximum atomic E-state index is 12.5. The fourth-order valence-corrected chi connectivity index (χ4v) is 4.15. The molecule has 2 aromatic carbocycles. The standard InChI is InChI=1S/C18H14Cl2N2O2S2/c1-24-11-6-7-12-14(8-11)26-16(15(12)20)17(23)22-18(25)21-9-10-4-2-3-5-13(10)19/h2-8H,9H2,1H3,(H2,21,22,23,25). The number of methoxy groups -OCH3 is 1. The highest BCUT2D eigenvalue weighted by Crippen LogP contribution is 2.37. The second kappa shape index (κ2) is 8.22. The lowest BCUT2D eigenvalue weighted by molar-refractivity contribution is 0.0981. The van der Waals surface area contributed by atoms with Gasteiger partial charge in [0, 0.05) is 21.7 Å². The zero-order valence-electron chi connectivity index (χ0n) is 13.6. The largest absolute Gasteiger partial charge is 0.497 e. The van der Waals surface area contributed by atoms with E-state index < -0.39 is 0 Å². The van der Waals surface area contributed by atoms with E-state index in [1.165, 1.54) is 11.3 Å². The molecule has 8 heteroatoms. The van der Waals surface area contributed by atoms with Crippen molar-refractivity contribution in [3.8, 4) is 5.75 Å². The Morgan fingerprint density at radius 2 is 2.00 bits per heavy atom. The number of thiocarbonyl (C=S) groups is 1. The summed E-state index contributed by atoms with van der Waals surface area (Å²) in [5.41, 5.74) is 0.887. The third-order valence-electron chi connectivity index (χ3n) is 3.67. The molecule has 0 aliphatic rings. The van der Waals surface area contributed by atoms with E-state index in [4.69, 9.17) is 40.2 Å². The van der Waals surface area contributed by atoms with Gasteiger partial charge >= 0.3 is 0 Å². The molecule has 2 N–H and O–H groups in total. The van der Waals surface area contributed by atoms with Gasteiger partial charge in [-0.1, -0.05) is 41.4 Å². The second-order valence-electron chi connectivity index (χ2n) is 5.34. The highest BCUT2D eigenvalue weighted by atomic mass is 35.5. The van der Waals surface area contributed by atoms with Crippen LogP contribution in [0, 0.1) is 0 Å². The van der Waals surface area contributed by atoms with E-state index in [1.54, 1.807) is 19.2 Å². The van der Waals surface area contributed by atoms with Crippen molar-refractivity contribution in [2.24, 2.45) is 0 Å². The zero-order chi connectivity index (χ0) is 18.7. The van der Waals surface area contributed by atoms with Crippen LogP contribution in [0.5, 0.6) is 5.75 Å². The van der Waals surface area contributed by atoms with Crippen molar-refractivity contribution in [3.63, 3.8) is 0 Å². The SMILES string of the molecule is COc1ccc2c(Cl)c(C(=O)NC(=S)NCc3ccccc3Cl)sc2c1. The summed E-state index contributed by atoms with van der Waals surface area (Å²) in [6.45, 7) is 0.413. The van der Waals surface area contributed by atoms with Crippen LogP contribution in [0.15, 0.2) is 42.5 Å². The van der Waals surface area contributed by atoms with Gasteiger partial charge in [-0.3, -0.25) is 10.1 Å². The molecule has 0 unspecified atom stereocenters. The van der Waals surface area contributed by atoms with Gasteiger partial charge in [-0.25, -0.2) is 0 Å². The Labute approximate surface area is 170 Å². The molecule has 0 saturated heterocycles. The molecule has 1 aromatic heterocycles. The summed E-state index contributed by atoms with van der Waals surface area (Å²) in [5.74, 6) is 0.353. The molecule has 1 amide bonds. The number of ether oxygens (including phenoxy) is 1. The summed E-state index contributed by atoms with van der Waals surface area (Å²) >= 11 is 18.9. The fourth-order valence-electron chi connectivity index (χ4n) is 2.34. The Balaban J connectivity index is 1.69. The molecule has 0 atom stereocenters. The van der Waals surface area contributed by atoms with E-state index in [0.29, 0.717) is 27.2 Å². The van der Waals surface area contributed by atoms with Crippen LogP contribution in [-0.2, 0) is 6.54 Å². The van der Waals surface area contributed by atoms with Gasteiger partial charge in [0.15, 0.2) is 5.11 Å². The normalized spacial score (nSPS) is 10.6. The second-order valence-corrected chi connectivity index (χ2v) is 7.58. The number of carbonyl (C=O) groups is 1. The van der Waals surface area contributed by atoms with Gasteiger partial charge in [0.2, 0.25) is 0 Å². The number of hydrogen-bond acceptors (Lipinski definition) is 4. The molecular weight excluding hydrogens is 411 g/mol. The molecule has 1 heterocycles. The summed E-state index contributed by atoms with van der Waals surface area (Å²) in [5, 5.41) is 7.67. The van der Waals surface area contributed by atoms with E-state index in [-0.39, 0.29) is 11.0 Å². The minimum atomic E-state index is -0.355. The van der Waals surface area contributed by atoms with Crippen LogP contribution in [0.1, 0.15) is 15.2 Å². The zero-order valence-corrected chi connectivity index (χ0v) is 16.8. The van der Waals surface area contributed by atoms with Crippen molar-refractivity contribution in [2.45, 2.75) is 6.54 Å². The average Bonchev–Trinajstić information content (AvgIpc) is 2.97. The number of hydrogen-bond donors (Lipinski definition) is 2. The molecule has 0 aliphatic carbocycles. The molecular formula is C18H14Cl2N2O2S2. The quantitative estimate of drug-likeness (QED) is 0.577. The van der Waals surface area contributed by atoms with Crippen molar-refractivity contribution in [2.75, 3.05) is 7.11 Å². The Bertz CT molecular complexity index is 988. The third-order valence-corrected chi connectivity index (χ3v) is 5.94. The van der Waals surface area contributed by atoms with Crippen LogP contribution in [0.25, 0.3) is 10.1 Å². The Morgan fingerprint density at radius 1 is 1.23 bits per heavy atom. The van der Waals surface area contributed by atoms with E-state index in [2.05, 4.69) is 10.6 Å². The first-order valence-corrected chi connectivity index (χ1v) is 9.56. The predicted molar refractivity (Wildman–Crippen MR) is 112 cm³/mol. The number of carbonyl (C=O) groups excluding carboxylic acids is 1. The number of thiophene rings is 1. The molecule has 3 aromatic rings. The molecule has 134 valence electrons. The van der Waals surface area contributed by atoms with Crippen molar-refractivity contribution < 1.29 is 9.53 Å². The van der Waals surface area contributed by atoms with Crippen molar-refractivity contribution >= 4 is 67.9 Å². The lowest BCUT2D eigenvalue weighted by Crippen LogP contribution is -2.38. The number of rotatable bonds is 4. The fraction of sp³-hybridized carbons (Fsp3) is 0.111. The minimum Gasteiger partial charge on any atom is -0.497 e. The van der Waals surface area contributed by atoms with Gasteiger partial charge < -0.3 is 10.1 Å². The Morgan fingerprint density at radius 3 is 2.73 bits per heavy atom. The highest BCUT2D eigenvalue weighted by molar-refractivity contribution is 7.80. The highest BCUT2D eigenvalue weighted by Gasteiger charge is 2.18. The maximum Gasteiger partial charge on any atom is 0.269 e. The molecule has 0 spiro atoms. The monoisotopic (exact) mass is 424 g/mol. The van der Waals surface area contributed by atoms with Crippen molar-refractivity contribution in [3.05, 3.63) is 63.0 Å². The van der Waals surface area contributed by atoms with Gasteiger partial charge in [0.05, 0.1) is 12.1 Å². The summed E-state index contributed by atoms with van der Waals surface area (Å²) in [7, 11) is 1.59. The molecule has 26 heavy (non-hydrogen) atoms. The molecule has 0 saturated carbocycles. The van der Waals surface area contributed by atoms with Gasteiger partial charge in [0.1, 0.15) is 10.6 Å². The van der Waals surface area contributed by atoms with Crippen molar-refractivity contribution in [1.29, 1.82) is 0 Å². The molecule has 0 aliphatic heterocycles. The Kier molecular flexibility index (Phi) is 5.98. The van der Waals surface area contributed by atoms with Crippen LogP contribution in [0.2, 0.25) is 10.0 Å². The lowest BCUT2D eigenvalue weighted by atomic mass is 10.2. The van der Waals surface area contributed by atoms with Crippen LogP contribution in [-0.4, -0.2) is 18.1 Å². The molecule has 3 rings (SSSR count). The van der Waals surface area contributed by atoms with E-state index >= 15 is 0 Å². The smallest absolute Gasteiger partial charge is 0.269 e. The number of amides is 1. The van der Waals surface area contributed by atoms with Crippen LogP contribution in [0.4, 0.5) is 0 Å². The third kappa shape index (κ3) is 4.10. The average molecular weight is 425 g/mol. The van der Waals surface area contributed by atoms with E-state index in [0.717, 1.165) is 15.6 Å². The first-order valence-electron chi connectivity index (χ1n) is 7.58. The summed E-state index contributed by atoms with van der Waals surface area (Å²) in [6, 6.07) is 12.9. The first-order chi connectivity index (χ1) is 12.5. The van der Waals surface area contributed by atoms with Gasteiger partial charge in [-0.2, -0.15) is 0 Å². The summed E-state index contributed by atoms with van der Waals surface area (Å²) < 4.78 is 6.07. The minimum absolute atomic E-state index is 0.209. The summed E-state index contributed by atoms with van der Waals surface area (Å²) in [6.07, 6.45) is 0. The molecule has 4 nitrogen and oxygen atoms in total. The van der Waals surface area contributed by atoms with Gasteiger partial charge in [-0.15, -0.1) is 11.3 Å². The molecule has 0 radical (unpaired) electrons. The van der Waals surface area contributed by atoms with Crippen LogP contribution >= 0.6 is 46.8 Å². The van der Waals surface area contributed by atoms with Gasteiger partial charge in [-0.05, 0) is 42.0 Å². The van der Waals surface area contributed by atoms with Crippen molar-refractivity contribution in [1.82, 2.24) is 10.6 Å². The summed E-state index contributed by atoms with van der Waals surface area (Å²) in [4.78, 5) is 12.9. The molecule has 0 fully saturated rings. The number of halogens is 2. The van der Waals surface area contributed by atoms with Crippen LogP contribution in [0.3, 0.4) is 0 Å². The number of fused-ring (bicyclic) bond motifs is 1.